The van der Waals surface area contributed by atoms with Crippen molar-refractivity contribution in [3.05, 3.63) is 64.5 Å². The number of benzene rings is 2. The van der Waals surface area contributed by atoms with Crippen molar-refractivity contribution in [2.45, 2.75) is 11.8 Å². The van der Waals surface area contributed by atoms with E-state index in [1.807, 2.05) is 0 Å². The van der Waals surface area contributed by atoms with E-state index in [-0.39, 0.29) is 17.9 Å². The zero-order valence-electron chi connectivity index (χ0n) is 10.6. The van der Waals surface area contributed by atoms with Gasteiger partial charge in [0.25, 0.3) is 0 Å². The van der Waals surface area contributed by atoms with E-state index in [1.54, 1.807) is 18.2 Å². The Morgan fingerprint density at radius 2 is 1.71 bits per heavy atom. The van der Waals surface area contributed by atoms with Gasteiger partial charge in [-0.05, 0) is 34.9 Å². The predicted octanol–water partition coefficient (Wildman–Crippen LogP) is 3.93. The van der Waals surface area contributed by atoms with Gasteiger partial charge in [0.2, 0.25) is 5.91 Å². The van der Waals surface area contributed by atoms with Gasteiger partial charge in [-0.25, -0.2) is 13.2 Å². The van der Waals surface area contributed by atoms with Crippen molar-refractivity contribution in [2.24, 2.45) is 0 Å². The van der Waals surface area contributed by atoms with E-state index < -0.39 is 22.8 Å². The number of halogens is 4. The molecular weight excluding hydrogens is 303 g/mol. The summed E-state index contributed by atoms with van der Waals surface area (Å²) in [5.74, 6) is -4.21. The molecule has 3 rings (SSSR count). The van der Waals surface area contributed by atoms with Crippen LogP contribution in [0.4, 0.5) is 18.9 Å². The van der Waals surface area contributed by atoms with E-state index in [0.717, 1.165) is 17.7 Å². The highest BCUT2D eigenvalue weighted by Gasteiger charge is 2.21. The van der Waals surface area contributed by atoms with Crippen molar-refractivity contribution in [1.29, 1.82) is 0 Å². The number of anilines is 1. The Labute approximate surface area is 123 Å². The van der Waals surface area contributed by atoms with E-state index in [4.69, 9.17) is 11.6 Å². The van der Waals surface area contributed by atoms with E-state index >= 15 is 0 Å². The van der Waals surface area contributed by atoms with Crippen LogP contribution in [0.2, 0.25) is 0 Å². The molecule has 0 saturated heterocycles. The molecule has 1 amide bonds. The second-order valence-electron chi connectivity index (χ2n) is 4.80. The molecule has 1 unspecified atom stereocenters. The third-order valence-corrected chi connectivity index (χ3v) is 3.85. The van der Waals surface area contributed by atoms with Crippen LogP contribution in [0.3, 0.4) is 0 Å². The lowest BCUT2D eigenvalue weighted by Gasteiger charge is -2.12. The molecule has 21 heavy (non-hydrogen) atoms. The summed E-state index contributed by atoms with van der Waals surface area (Å²) in [6, 6.07) is 6.77. The van der Waals surface area contributed by atoms with Crippen molar-refractivity contribution >= 4 is 23.2 Å². The predicted molar refractivity (Wildman–Crippen MR) is 72.8 cm³/mol. The Hall–Kier alpha value is -2.01. The van der Waals surface area contributed by atoms with E-state index in [1.165, 1.54) is 0 Å². The third-order valence-electron chi connectivity index (χ3n) is 3.35. The average molecular weight is 312 g/mol. The maximum absolute atomic E-state index is 13.3. The van der Waals surface area contributed by atoms with Crippen LogP contribution in [0.1, 0.15) is 22.1 Å². The van der Waals surface area contributed by atoms with Gasteiger partial charge in [-0.3, -0.25) is 4.79 Å². The molecule has 0 aromatic heterocycles. The summed E-state index contributed by atoms with van der Waals surface area (Å²) < 4.78 is 39.5. The fourth-order valence-corrected chi connectivity index (χ4v) is 2.58. The largest absolute Gasteiger partial charge is 0.326 e. The number of carbonyl (C=O) groups excluding carboxylic acids is 1. The molecule has 1 aliphatic rings. The smallest absolute Gasteiger partial charge is 0.228 e. The Morgan fingerprint density at radius 3 is 2.38 bits per heavy atom. The van der Waals surface area contributed by atoms with Crippen LogP contribution < -0.4 is 5.32 Å². The van der Waals surface area contributed by atoms with Gasteiger partial charge < -0.3 is 5.32 Å². The van der Waals surface area contributed by atoms with Gasteiger partial charge in [-0.1, -0.05) is 12.1 Å². The molecule has 0 bridgehead atoms. The van der Waals surface area contributed by atoms with Crippen molar-refractivity contribution in [2.75, 3.05) is 5.32 Å². The fraction of sp³-hybridized carbons (Fsp3) is 0.133. The SMILES string of the molecule is O=C1Cc2cc(C(Cl)c3cc(F)c(F)c(F)c3)ccc2N1. The molecule has 0 radical (unpaired) electrons. The highest BCUT2D eigenvalue weighted by atomic mass is 35.5. The quantitative estimate of drug-likeness (QED) is 0.661. The van der Waals surface area contributed by atoms with Crippen LogP contribution in [0.15, 0.2) is 30.3 Å². The molecule has 2 aromatic rings. The Morgan fingerprint density at radius 1 is 1.05 bits per heavy atom. The first-order valence-corrected chi connectivity index (χ1v) is 6.60. The van der Waals surface area contributed by atoms with Crippen molar-refractivity contribution < 1.29 is 18.0 Å². The number of amides is 1. The zero-order valence-corrected chi connectivity index (χ0v) is 11.3. The summed E-state index contributed by atoms with van der Waals surface area (Å²) in [6.07, 6.45) is 0.235. The Balaban J connectivity index is 1.98. The zero-order chi connectivity index (χ0) is 15.1. The average Bonchev–Trinajstić information content (AvgIpc) is 2.82. The van der Waals surface area contributed by atoms with Gasteiger partial charge in [-0.2, -0.15) is 0 Å². The fourth-order valence-electron chi connectivity index (χ4n) is 2.32. The number of carbonyl (C=O) groups is 1. The summed E-state index contributed by atoms with van der Waals surface area (Å²) in [4.78, 5) is 11.3. The molecule has 1 N–H and O–H groups in total. The second-order valence-corrected chi connectivity index (χ2v) is 5.24. The number of hydrogen-bond acceptors (Lipinski definition) is 1. The molecule has 2 aromatic carbocycles. The standard InChI is InChI=1S/C15H9ClF3NO/c16-14(9-4-10(17)15(19)11(18)5-9)7-1-2-12-8(3-7)6-13(21)20-12/h1-5,14H,6H2,(H,20,21). The maximum atomic E-state index is 13.3. The molecule has 2 nitrogen and oxygen atoms in total. The lowest BCUT2D eigenvalue weighted by molar-refractivity contribution is -0.115. The van der Waals surface area contributed by atoms with Gasteiger partial charge in [0, 0.05) is 5.69 Å². The highest BCUT2D eigenvalue weighted by Crippen LogP contribution is 2.34. The maximum Gasteiger partial charge on any atom is 0.228 e. The number of rotatable bonds is 2. The molecule has 6 heteroatoms. The summed E-state index contributed by atoms with van der Waals surface area (Å²) >= 11 is 6.20. The van der Waals surface area contributed by atoms with Crippen molar-refractivity contribution in [1.82, 2.24) is 0 Å². The minimum absolute atomic E-state index is 0.116. The molecule has 0 fully saturated rings. The molecular formula is C15H9ClF3NO. The Bertz CT molecular complexity index is 725. The lowest BCUT2D eigenvalue weighted by atomic mass is 10.0. The highest BCUT2D eigenvalue weighted by molar-refractivity contribution is 6.22. The molecule has 0 aliphatic carbocycles. The summed E-state index contributed by atoms with van der Waals surface area (Å²) in [7, 11) is 0. The van der Waals surface area contributed by atoms with Crippen LogP contribution in [-0.2, 0) is 11.2 Å². The van der Waals surface area contributed by atoms with E-state index in [0.29, 0.717) is 11.3 Å². The molecule has 1 heterocycles. The molecule has 0 saturated carbocycles. The number of nitrogens with one attached hydrogen (secondary N) is 1. The topological polar surface area (TPSA) is 29.1 Å². The first-order chi connectivity index (χ1) is 9.95. The number of hydrogen-bond donors (Lipinski definition) is 1. The first-order valence-electron chi connectivity index (χ1n) is 6.17. The minimum Gasteiger partial charge on any atom is -0.326 e. The summed E-state index contributed by atoms with van der Waals surface area (Å²) in [6.45, 7) is 0. The third kappa shape index (κ3) is 2.49. The van der Waals surface area contributed by atoms with Gasteiger partial charge in [0.15, 0.2) is 17.5 Å². The molecule has 1 atom stereocenters. The van der Waals surface area contributed by atoms with Crippen molar-refractivity contribution in [3.63, 3.8) is 0 Å². The monoisotopic (exact) mass is 311 g/mol. The summed E-state index contributed by atoms with van der Waals surface area (Å²) in [5, 5.41) is 1.84. The van der Waals surface area contributed by atoms with Gasteiger partial charge in [-0.15, -0.1) is 11.6 Å². The second kappa shape index (κ2) is 5.07. The van der Waals surface area contributed by atoms with Gasteiger partial charge in [0.1, 0.15) is 0 Å². The van der Waals surface area contributed by atoms with Crippen LogP contribution in [-0.4, -0.2) is 5.91 Å². The minimum atomic E-state index is -1.52. The number of fused-ring (bicyclic) bond motifs is 1. The molecule has 108 valence electrons. The Kier molecular flexibility index (Phi) is 3.37. The van der Waals surface area contributed by atoms with Gasteiger partial charge >= 0.3 is 0 Å². The normalized spacial score (nSPS) is 14.8. The van der Waals surface area contributed by atoms with E-state index in [2.05, 4.69) is 5.32 Å². The first kappa shape index (κ1) is 13.9. The van der Waals surface area contributed by atoms with Gasteiger partial charge in [0.05, 0.1) is 11.8 Å². The lowest BCUT2D eigenvalue weighted by Crippen LogP contribution is -2.03. The van der Waals surface area contributed by atoms with Crippen LogP contribution in [0, 0.1) is 17.5 Å². The van der Waals surface area contributed by atoms with E-state index in [9.17, 15) is 18.0 Å². The van der Waals surface area contributed by atoms with Crippen LogP contribution in [0.25, 0.3) is 0 Å². The van der Waals surface area contributed by atoms with Crippen molar-refractivity contribution in [3.8, 4) is 0 Å². The number of alkyl halides is 1. The van der Waals surface area contributed by atoms with Crippen LogP contribution >= 0.6 is 11.6 Å². The molecule has 0 spiro atoms. The molecule has 1 aliphatic heterocycles. The summed E-state index contributed by atoms with van der Waals surface area (Å²) in [5.41, 5.74) is 2.16. The van der Waals surface area contributed by atoms with Crippen LogP contribution in [0.5, 0.6) is 0 Å².